The van der Waals surface area contributed by atoms with Crippen molar-refractivity contribution >= 4 is 11.6 Å². The molecule has 3 rings (SSSR count). The lowest BCUT2D eigenvalue weighted by Gasteiger charge is -2.13. The molecule has 0 bridgehead atoms. The van der Waals surface area contributed by atoms with Gasteiger partial charge in [-0.25, -0.2) is 18.7 Å². The first-order valence-corrected chi connectivity index (χ1v) is 8.59. The summed E-state index contributed by atoms with van der Waals surface area (Å²) in [4.78, 5) is 8.22. The van der Waals surface area contributed by atoms with E-state index in [1.54, 1.807) is 17.1 Å². The summed E-state index contributed by atoms with van der Waals surface area (Å²) in [7, 11) is 2.55. The third kappa shape index (κ3) is 4.69. The predicted molar refractivity (Wildman–Crippen MR) is 100 cm³/mol. The Kier molecular flexibility index (Phi) is 6.39. The van der Waals surface area contributed by atoms with E-state index in [0.29, 0.717) is 24.7 Å². The number of hydrogen-bond donors (Lipinski definition) is 2. The summed E-state index contributed by atoms with van der Waals surface area (Å²) in [5, 5.41) is 7.11. The van der Waals surface area contributed by atoms with E-state index in [1.807, 2.05) is 0 Å². The molecule has 0 radical (unpaired) electrons. The molecule has 29 heavy (non-hydrogen) atoms. The monoisotopic (exact) mass is 406 g/mol. The molecule has 0 aliphatic heterocycles. The van der Waals surface area contributed by atoms with Crippen LogP contribution in [0, 0.1) is 11.6 Å². The SMILES string of the molecule is COc1cc(OC)c(F)c(COc2cnc(Nc3cnn(CCN)c3)nc2)c1F. The molecule has 11 heteroatoms. The number of nitrogens with one attached hydrogen (secondary N) is 1. The highest BCUT2D eigenvalue weighted by Gasteiger charge is 2.20. The van der Waals surface area contributed by atoms with E-state index >= 15 is 0 Å². The molecule has 0 spiro atoms. The highest BCUT2D eigenvalue weighted by atomic mass is 19.1. The normalized spacial score (nSPS) is 10.7. The molecule has 9 nitrogen and oxygen atoms in total. The van der Waals surface area contributed by atoms with Gasteiger partial charge in [0.1, 0.15) is 6.61 Å². The van der Waals surface area contributed by atoms with Gasteiger partial charge in [-0.05, 0) is 0 Å². The zero-order chi connectivity index (χ0) is 20.8. The number of ether oxygens (including phenoxy) is 3. The minimum Gasteiger partial charge on any atom is -0.494 e. The van der Waals surface area contributed by atoms with Crippen LogP contribution in [0.4, 0.5) is 20.4 Å². The maximum absolute atomic E-state index is 14.4. The molecule has 154 valence electrons. The smallest absolute Gasteiger partial charge is 0.227 e. The number of rotatable bonds is 9. The van der Waals surface area contributed by atoms with E-state index in [9.17, 15) is 8.78 Å². The molecule has 0 aliphatic carbocycles. The number of anilines is 2. The van der Waals surface area contributed by atoms with Crippen LogP contribution in [-0.2, 0) is 13.2 Å². The van der Waals surface area contributed by atoms with Gasteiger partial charge in [-0.15, -0.1) is 0 Å². The fourth-order valence-corrected chi connectivity index (χ4v) is 2.49. The van der Waals surface area contributed by atoms with Gasteiger partial charge in [0.15, 0.2) is 28.9 Å². The minimum atomic E-state index is -0.862. The predicted octanol–water partition coefficient (Wildman–Crippen LogP) is 2.25. The van der Waals surface area contributed by atoms with Gasteiger partial charge in [-0.2, -0.15) is 5.10 Å². The quantitative estimate of drug-likeness (QED) is 0.557. The molecule has 3 N–H and O–H groups in total. The first-order valence-electron chi connectivity index (χ1n) is 8.59. The van der Waals surface area contributed by atoms with Gasteiger partial charge < -0.3 is 25.3 Å². The van der Waals surface area contributed by atoms with Gasteiger partial charge >= 0.3 is 0 Å². The van der Waals surface area contributed by atoms with E-state index in [1.165, 1.54) is 26.6 Å². The van der Waals surface area contributed by atoms with Crippen LogP contribution in [0.15, 0.2) is 30.9 Å². The first kappa shape index (κ1) is 20.3. The Balaban J connectivity index is 1.67. The molecule has 0 saturated carbocycles. The fraction of sp³-hybridized carbons (Fsp3) is 0.278. The Morgan fingerprint density at radius 3 is 2.31 bits per heavy atom. The first-order chi connectivity index (χ1) is 14.0. The summed E-state index contributed by atoms with van der Waals surface area (Å²) in [5.74, 6) is -1.47. The van der Waals surface area contributed by atoms with Crippen LogP contribution >= 0.6 is 0 Å². The number of benzene rings is 1. The van der Waals surface area contributed by atoms with Gasteiger partial charge in [0.25, 0.3) is 0 Å². The number of hydrogen-bond acceptors (Lipinski definition) is 8. The molecular formula is C18H20F2N6O3. The molecule has 0 atom stereocenters. The van der Waals surface area contributed by atoms with Crippen molar-refractivity contribution in [3.05, 3.63) is 48.1 Å². The molecule has 2 heterocycles. The molecule has 0 unspecified atom stereocenters. The largest absolute Gasteiger partial charge is 0.494 e. The number of aromatic nitrogens is 4. The highest BCUT2D eigenvalue weighted by Crippen LogP contribution is 2.31. The molecule has 2 aromatic heterocycles. The van der Waals surface area contributed by atoms with E-state index in [0.717, 1.165) is 6.07 Å². The molecule has 3 aromatic rings. The third-order valence-electron chi connectivity index (χ3n) is 3.92. The van der Waals surface area contributed by atoms with Gasteiger partial charge in [0, 0.05) is 18.8 Å². The highest BCUT2D eigenvalue weighted by molar-refractivity contribution is 5.50. The van der Waals surface area contributed by atoms with E-state index in [-0.39, 0.29) is 22.8 Å². The van der Waals surface area contributed by atoms with Crippen LogP contribution in [0.2, 0.25) is 0 Å². The molecular weight excluding hydrogens is 386 g/mol. The van der Waals surface area contributed by atoms with E-state index in [2.05, 4.69) is 20.4 Å². The van der Waals surface area contributed by atoms with Crippen LogP contribution in [0.5, 0.6) is 17.2 Å². The van der Waals surface area contributed by atoms with Gasteiger partial charge in [-0.3, -0.25) is 4.68 Å². The zero-order valence-corrected chi connectivity index (χ0v) is 15.9. The van der Waals surface area contributed by atoms with Crippen LogP contribution in [0.25, 0.3) is 0 Å². The Morgan fingerprint density at radius 2 is 1.72 bits per heavy atom. The maximum atomic E-state index is 14.4. The lowest BCUT2D eigenvalue weighted by atomic mass is 10.1. The fourth-order valence-electron chi connectivity index (χ4n) is 2.49. The van der Waals surface area contributed by atoms with Gasteiger partial charge in [0.2, 0.25) is 5.95 Å². The zero-order valence-electron chi connectivity index (χ0n) is 15.9. The topological polar surface area (TPSA) is 109 Å². The minimum absolute atomic E-state index is 0.146. The molecule has 0 amide bonds. The Labute approximate surface area is 165 Å². The molecule has 0 fully saturated rings. The summed E-state index contributed by atoms with van der Waals surface area (Å²) >= 11 is 0. The lowest BCUT2D eigenvalue weighted by Crippen LogP contribution is -2.09. The Morgan fingerprint density at radius 1 is 1.07 bits per heavy atom. The molecule has 0 saturated heterocycles. The van der Waals surface area contributed by atoms with Crippen molar-refractivity contribution in [1.82, 2.24) is 19.7 Å². The average molecular weight is 406 g/mol. The van der Waals surface area contributed by atoms with Gasteiger partial charge in [0.05, 0.1) is 50.6 Å². The van der Waals surface area contributed by atoms with Crippen molar-refractivity contribution in [2.75, 3.05) is 26.1 Å². The number of nitrogens with zero attached hydrogens (tertiary/aromatic N) is 4. The second-order valence-electron chi connectivity index (χ2n) is 5.82. The van der Waals surface area contributed by atoms with Crippen molar-refractivity contribution in [2.45, 2.75) is 13.2 Å². The van der Waals surface area contributed by atoms with Crippen molar-refractivity contribution in [3.8, 4) is 17.2 Å². The van der Waals surface area contributed by atoms with E-state index < -0.39 is 18.2 Å². The van der Waals surface area contributed by atoms with Crippen molar-refractivity contribution in [3.63, 3.8) is 0 Å². The second-order valence-corrected chi connectivity index (χ2v) is 5.82. The summed E-state index contributed by atoms with van der Waals surface area (Å²) in [6.45, 7) is 0.675. The second kappa shape index (κ2) is 9.15. The third-order valence-corrected chi connectivity index (χ3v) is 3.92. The van der Waals surface area contributed by atoms with E-state index in [4.69, 9.17) is 19.9 Å². The van der Waals surface area contributed by atoms with Crippen LogP contribution < -0.4 is 25.3 Å². The standard InChI is InChI=1S/C18H20F2N6O3/c1-27-14-5-15(28-2)17(20)13(16(14)19)10-29-12-7-22-18(23-8-12)25-11-6-24-26(9-11)4-3-21/h5-9H,3-4,10,21H2,1-2H3,(H,22,23,25). The number of nitrogens with two attached hydrogens (primary N) is 1. The summed E-state index contributed by atoms with van der Waals surface area (Å²) in [6, 6.07) is 1.13. The van der Waals surface area contributed by atoms with Crippen molar-refractivity contribution in [2.24, 2.45) is 5.73 Å². The summed E-state index contributed by atoms with van der Waals surface area (Å²) in [5.41, 5.74) is 5.85. The van der Waals surface area contributed by atoms with Crippen LogP contribution in [0.1, 0.15) is 5.56 Å². The van der Waals surface area contributed by atoms with Crippen molar-refractivity contribution < 1.29 is 23.0 Å². The Hall–Kier alpha value is -3.47. The lowest BCUT2D eigenvalue weighted by molar-refractivity contribution is 0.280. The van der Waals surface area contributed by atoms with Crippen molar-refractivity contribution in [1.29, 1.82) is 0 Å². The van der Waals surface area contributed by atoms with Gasteiger partial charge in [-0.1, -0.05) is 0 Å². The Bertz CT molecular complexity index is 937. The molecule has 1 aromatic carbocycles. The molecule has 0 aliphatic rings. The summed E-state index contributed by atoms with van der Waals surface area (Å²) in [6.07, 6.45) is 6.15. The average Bonchev–Trinajstić information content (AvgIpc) is 3.16. The summed E-state index contributed by atoms with van der Waals surface area (Å²) < 4.78 is 45.6. The van der Waals surface area contributed by atoms with Crippen LogP contribution in [-0.4, -0.2) is 40.5 Å². The maximum Gasteiger partial charge on any atom is 0.227 e. The number of methoxy groups -OCH3 is 2. The van der Waals surface area contributed by atoms with Crippen LogP contribution in [0.3, 0.4) is 0 Å². The number of halogens is 2.